The zero-order valence-electron chi connectivity index (χ0n) is 11.0. The molecule has 0 aliphatic heterocycles. The molecule has 0 atom stereocenters. The molecule has 1 aromatic rings. The zero-order valence-corrected chi connectivity index (χ0v) is 11.8. The number of rotatable bonds is 6. The molecule has 0 radical (unpaired) electrons. The van der Waals surface area contributed by atoms with Gasteiger partial charge in [-0.1, -0.05) is 24.6 Å². The van der Waals surface area contributed by atoms with Crippen LogP contribution in [0, 0.1) is 12.3 Å². The largest absolute Gasteiger partial charge is 0.296 e. The highest BCUT2D eigenvalue weighted by molar-refractivity contribution is 7.86. The Hall–Kier alpha value is -0.870. The second kappa shape index (κ2) is 5.02. The summed E-state index contributed by atoms with van der Waals surface area (Å²) in [6.45, 7) is 4.45. The third-order valence-electron chi connectivity index (χ3n) is 3.58. The Bertz CT molecular complexity index is 498. The first-order valence-corrected chi connectivity index (χ1v) is 7.78. The molecule has 0 spiro atoms. The summed E-state index contributed by atoms with van der Waals surface area (Å²) in [6, 6.07) is 6.74. The Morgan fingerprint density at radius 1 is 1.22 bits per heavy atom. The third kappa shape index (κ3) is 3.56. The fourth-order valence-electron chi connectivity index (χ4n) is 1.90. The van der Waals surface area contributed by atoms with Crippen molar-refractivity contribution in [1.82, 2.24) is 0 Å². The summed E-state index contributed by atoms with van der Waals surface area (Å²) in [5, 5.41) is 0. The molecule has 0 heterocycles. The van der Waals surface area contributed by atoms with Gasteiger partial charge in [-0.2, -0.15) is 8.42 Å². The van der Waals surface area contributed by atoms with Crippen LogP contribution in [0.5, 0.6) is 0 Å². The average Bonchev–Trinajstić information content (AvgIpc) is 3.04. The minimum atomic E-state index is -3.57. The van der Waals surface area contributed by atoms with Crippen LogP contribution in [0.25, 0.3) is 0 Å². The lowest BCUT2D eigenvalue weighted by molar-refractivity contribution is 0.294. The van der Waals surface area contributed by atoms with Gasteiger partial charge in [0.2, 0.25) is 0 Å². The van der Waals surface area contributed by atoms with Gasteiger partial charge >= 0.3 is 0 Å². The lowest BCUT2D eigenvalue weighted by Crippen LogP contribution is -2.08. The summed E-state index contributed by atoms with van der Waals surface area (Å²) in [4.78, 5) is 0.241. The smallest absolute Gasteiger partial charge is 0.266 e. The lowest BCUT2D eigenvalue weighted by Gasteiger charge is -2.08. The summed E-state index contributed by atoms with van der Waals surface area (Å²) in [5.74, 6) is 0. The van der Waals surface area contributed by atoms with Crippen molar-refractivity contribution in [2.45, 2.75) is 44.4 Å². The Morgan fingerprint density at radius 3 is 2.39 bits per heavy atom. The summed E-state index contributed by atoms with van der Waals surface area (Å²) < 4.78 is 28.8. The highest BCUT2D eigenvalue weighted by Gasteiger charge is 2.36. The Kier molecular flexibility index (Phi) is 3.78. The molecule has 0 bridgehead atoms. The van der Waals surface area contributed by atoms with Gasteiger partial charge in [0.15, 0.2) is 0 Å². The van der Waals surface area contributed by atoms with Gasteiger partial charge in [-0.15, -0.1) is 0 Å². The highest BCUT2D eigenvalue weighted by atomic mass is 32.2. The molecule has 100 valence electrons. The van der Waals surface area contributed by atoms with Gasteiger partial charge in [0, 0.05) is 0 Å². The quantitative estimate of drug-likeness (QED) is 0.587. The van der Waals surface area contributed by atoms with Crippen LogP contribution in [-0.2, 0) is 14.3 Å². The zero-order chi connectivity index (χ0) is 13.2. The molecule has 18 heavy (non-hydrogen) atoms. The first kappa shape index (κ1) is 13.6. The lowest BCUT2D eigenvalue weighted by atomic mass is 10.0. The van der Waals surface area contributed by atoms with Crippen LogP contribution in [0.15, 0.2) is 29.2 Å². The minimum Gasteiger partial charge on any atom is -0.266 e. The van der Waals surface area contributed by atoms with E-state index in [-0.39, 0.29) is 11.5 Å². The average molecular weight is 268 g/mol. The summed E-state index contributed by atoms with van der Waals surface area (Å²) in [5.41, 5.74) is 1.49. The van der Waals surface area contributed by atoms with Crippen LogP contribution in [0.1, 0.15) is 38.2 Å². The monoisotopic (exact) mass is 268 g/mol. The van der Waals surface area contributed by atoms with Crippen LogP contribution in [0.4, 0.5) is 0 Å². The number of hydrogen-bond acceptors (Lipinski definition) is 3. The predicted octanol–water partition coefficient (Wildman–Crippen LogP) is 3.28. The third-order valence-corrected chi connectivity index (χ3v) is 4.90. The van der Waals surface area contributed by atoms with Gasteiger partial charge in [-0.3, -0.25) is 4.18 Å². The van der Waals surface area contributed by atoms with Gasteiger partial charge in [0.25, 0.3) is 10.1 Å². The SMILES string of the molecule is Cc1ccc(S(=O)(=O)OCCCC2(C)CC2)cc1. The summed E-state index contributed by atoms with van der Waals surface area (Å²) in [7, 11) is -3.57. The van der Waals surface area contributed by atoms with Crippen molar-refractivity contribution in [3.63, 3.8) is 0 Å². The van der Waals surface area contributed by atoms with Crippen molar-refractivity contribution in [3.05, 3.63) is 29.8 Å². The van der Waals surface area contributed by atoms with Crippen molar-refractivity contribution in [2.24, 2.45) is 5.41 Å². The van der Waals surface area contributed by atoms with Gasteiger partial charge in [0.05, 0.1) is 11.5 Å². The van der Waals surface area contributed by atoms with Crippen molar-refractivity contribution < 1.29 is 12.6 Å². The molecule has 1 aromatic carbocycles. The van der Waals surface area contributed by atoms with Gasteiger partial charge in [0.1, 0.15) is 0 Å². The van der Waals surface area contributed by atoms with Crippen molar-refractivity contribution in [3.8, 4) is 0 Å². The maximum absolute atomic E-state index is 11.9. The van der Waals surface area contributed by atoms with E-state index < -0.39 is 10.1 Å². The van der Waals surface area contributed by atoms with E-state index in [0.29, 0.717) is 5.41 Å². The normalized spacial score (nSPS) is 17.7. The van der Waals surface area contributed by atoms with Crippen LogP contribution in [-0.4, -0.2) is 15.0 Å². The van der Waals surface area contributed by atoms with Gasteiger partial charge in [-0.25, -0.2) is 0 Å². The molecule has 1 saturated carbocycles. The Balaban J connectivity index is 1.85. The van der Waals surface area contributed by atoms with Crippen molar-refractivity contribution in [1.29, 1.82) is 0 Å². The molecule has 0 unspecified atom stereocenters. The van der Waals surface area contributed by atoms with Crippen molar-refractivity contribution in [2.75, 3.05) is 6.61 Å². The standard InChI is InChI=1S/C14H20O3S/c1-12-4-6-13(7-5-12)18(15,16)17-11-3-8-14(2)9-10-14/h4-7H,3,8-11H2,1-2H3. The summed E-state index contributed by atoms with van der Waals surface area (Å²) in [6.07, 6.45) is 4.38. The number of hydrogen-bond donors (Lipinski definition) is 0. The van der Waals surface area contributed by atoms with E-state index in [0.717, 1.165) is 18.4 Å². The molecular formula is C14H20O3S. The molecule has 1 aliphatic carbocycles. The number of benzene rings is 1. The van der Waals surface area contributed by atoms with E-state index in [4.69, 9.17) is 4.18 Å². The van der Waals surface area contributed by atoms with E-state index in [1.165, 1.54) is 12.8 Å². The maximum Gasteiger partial charge on any atom is 0.296 e. The van der Waals surface area contributed by atoms with E-state index in [1.807, 2.05) is 6.92 Å². The molecule has 1 fully saturated rings. The Labute approximate surface area is 109 Å². The van der Waals surface area contributed by atoms with Crippen LogP contribution in [0.2, 0.25) is 0 Å². The molecule has 0 amide bonds. The number of aryl methyl sites for hydroxylation is 1. The maximum atomic E-state index is 11.9. The minimum absolute atomic E-state index is 0.241. The predicted molar refractivity (Wildman–Crippen MR) is 70.9 cm³/mol. The fraction of sp³-hybridized carbons (Fsp3) is 0.571. The first-order valence-electron chi connectivity index (χ1n) is 6.37. The second-order valence-electron chi connectivity index (χ2n) is 5.50. The van der Waals surface area contributed by atoms with E-state index >= 15 is 0 Å². The van der Waals surface area contributed by atoms with E-state index in [1.54, 1.807) is 24.3 Å². The van der Waals surface area contributed by atoms with Gasteiger partial charge < -0.3 is 0 Å². The fourth-order valence-corrected chi connectivity index (χ4v) is 2.85. The molecule has 3 nitrogen and oxygen atoms in total. The molecular weight excluding hydrogens is 248 g/mol. The molecule has 0 saturated heterocycles. The van der Waals surface area contributed by atoms with E-state index in [9.17, 15) is 8.42 Å². The van der Waals surface area contributed by atoms with Crippen molar-refractivity contribution >= 4 is 10.1 Å². The van der Waals surface area contributed by atoms with Crippen LogP contribution >= 0.6 is 0 Å². The van der Waals surface area contributed by atoms with Crippen LogP contribution < -0.4 is 0 Å². The molecule has 0 aromatic heterocycles. The molecule has 2 rings (SSSR count). The van der Waals surface area contributed by atoms with E-state index in [2.05, 4.69) is 6.92 Å². The summed E-state index contributed by atoms with van der Waals surface area (Å²) >= 11 is 0. The topological polar surface area (TPSA) is 43.4 Å². The molecule has 4 heteroatoms. The van der Waals surface area contributed by atoms with Gasteiger partial charge in [-0.05, 0) is 50.2 Å². The molecule has 0 N–H and O–H groups in total. The molecule has 1 aliphatic rings. The van der Waals surface area contributed by atoms with Crippen LogP contribution in [0.3, 0.4) is 0 Å². The second-order valence-corrected chi connectivity index (χ2v) is 7.12. The Morgan fingerprint density at radius 2 is 1.83 bits per heavy atom. The highest BCUT2D eigenvalue weighted by Crippen LogP contribution is 2.48. The first-order chi connectivity index (χ1) is 8.41.